The second-order valence-corrected chi connectivity index (χ2v) is 4.76. The standard InChI is InChI=1S/C11H20F3N/c1-8-5-3-4-6-10(8)15-9(2)7-11(12,13)14/h8-10,15H,3-7H2,1-2H3. The van der Waals surface area contributed by atoms with E-state index in [1.54, 1.807) is 6.92 Å². The van der Waals surface area contributed by atoms with E-state index in [4.69, 9.17) is 0 Å². The maximum Gasteiger partial charge on any atom is 0.390 e. The van der Waals surface area contributed by atoms with Gasteiger partial charge in [-0.25, -0.2) is 0 Å². The molecule has 0 bridgehead atoms. The lowest BCUT2D eigenvalue weighted by Gasteiger charge is -2.32. The summed E-state index contributed by atoms with van der Waals surface area (Å²) in [6.07, 6.45) is -0.270. The average Bonchev–Trinajstić information content (AvgIpc) is 2.05. The van der Waals surface area contributed by atoms with Gasteiger partial charge in [-0.05, 0) is 25.7 Å². The SMILES string of the molecule is CC(CC(F)(F)F)NC1CCCCC1C. The summed E-state index contributed by atoms with van der Waals surface area (Å²) in [7, 11) is 0. The van der Waals surface area contributed by atoms with E-state index in [-0.39, 0.29) is 6.04 Å². The lowest BCUT2D eigenvalue weighted by molar-refractivity contribution is -0.139. The normalized spacial score (nSPS) is 30.2. The summed E-state index contributed by atoms with van der Waals surface area (Å²) in [6.45, 7) is 3.74. The number of hydrogen-bond donors (Lipinski definition) is 1. The van der Waals surface area contributed by atoms with Gasteiger partial charge in [0.1, 0.15) is 0 Å². The highest BCUT2D eigenvalue weighted by atomic mass is 19.4. The maximum absolute atomic E-state index is 12.1. The van der Waals surface area contributed by atoms with Crippen molar-refractivity contribution in [2.45, 2.75) is 64.2 Å². The van der Waals surface area contributed by atoms with Crippen molar-refractivity contribution in [2.75, 3.05) is 0 Å². The molecule has 1 aliphatic carbocycles. The van der Waals surface area contributed by atoms with Crippen LogP contribution in [0.5, 0.6) is 0 Å². The summed E-state index contributed by atoms with van der Waals surface area (Å²) >= 11 is 0. The number of hydrogen-bond acceptors (Lipinski definition) is 1. The van der Waals surface area contributed by atoms with Crippen LogP contribution in [-0.2, 0) is 0 Å². The van der Waals surface area contributed by atoms with E-state index in [0.29, 0.717) is 5.92 Å². The predicted octanol–water partition coefficient (Wildman–Crippen LogP) is 3.50. The Hall–Kier alpha value is -0.250. The maximum atomic E-state index is 12.1. The molecule has 0 aromatic carbocycles. The molecular formula is C11H20F3N. The molecule has 0 spiro atoms. The van der Waals surface area contributed by atoms with Crippen molar-refractivity contribution in [2.24, 2.45) is 5.92 Å². The largest absolute Gasteiger partial charge is 0.390 e. The Morgan fingerprint density at radius 3 is 2.40 bits per heavy atom. The molecular weight excluding hydrogens is 203 g/mol. The van der Waals surface area contributed by atoms with Gasteiger partial charge in [-0.15, -0.1) is 0 Å². The zero-order valence-electron chi connectivity index (χ0n) is 9.40. The molecule has 0 aromatic rings. The van der Waals surface area contributed by atoms with Crippen LogP contribution in [0.25, 0.3) is 0 Å². The smallest absolute Gasteiger partial charge is 0.311 e. The quantitative estimate of drug-likeness (QED) is 0.772. The van der Waals surface area contributed by atoms with E-state index in [0.717, 1.165) is 19.3 Å². The van der Waals surface area contributed by atoms with Gasteiger partial charge in [-0.2, -0.15) is 13.2 Å². The molecule has 1 saturated carbocycles. The van der Waals surface area contributed by atoms with Gasteiger partial charge in [0.15, 0.2) is 0 Å². The van der Waals surface area contributed by atoms with E-state index in [9.17, 15) is 13.2 Å². The van der Waals surface area contributed by atoms with Crippen molar-refractivity contribution in [3.05, 3.63) is 0 Å². The predicted molar refractivity (Wildman–Crippen MR) is 54.7 cm³/mol. The summed E-state index contributed by atoms with van der Waals surface area (Å²) in [5.41, 5.74) is 0. The third-order valence-corrected chi connectivity index (χ3v) is 3.15. The molecule has 0 radical (unpaired) electrons. The van der Waals surface area contributed by atoms with Gasteiger partial charge in [0.2, 0.25) is 0 Å². The molecule has 3 atom stereocenters. The molecule has 1 nitrogen and oxygen atoms in total. The first-order valence-electron chi connectivity index (χ1n) is 5.71. The molecule has 1 aliphatic rings. The zero-order chi connectivity index (χ0) is 11.5. The van der Waals surface area contributed by atoms with E-state index >= 15 is 0 Å². The fourth-order valence-corrected chi connectivity index (χ4v) is 2.34. The monoisotopic (exact) mass is 223 g/mol. The fraction of sp³-hybridized carbons (Fsp3) is 1.00. The fourth-order valence-electron chi connectivity index (χ4n) is 2.34. The summed E-state index contributed by atoms with van der Waals surface area (Å²) in [5, 5.41) is 3.11. The molecule has 0 saturated heterocycles. The highest BCUT2D eigenvalue weighted by Crippen LogP contribution is 2.26. The Morgan fingerprint density at radius 2 is 1.87 bits per heavy atom. The Balaban J connectivity index is 2.33. The first-order chi connectivity index (χ1) is 6.88. The van der Waals surface area contributed by atoms with Gasteiger partial charge in [0.05, 0.1) is 6.42 Å². The van der Waals surface area contributed by atoms with Gasteiger partial charge >= 0.3 is 6.18 Å². The van der Waals surface area contributed by atoms with E-state index in [1.807, 2.05) is 0 Å². The topological polar surface area (TPSA) is 12.0 Å². The molecule has 1 fully saturated rings. The molecule has 0 aromatic heterocycles. The minimum absolute atomic E-state index is 0.274. The lowest BCUT2D eigenvalue weighted by Crippen LogP contribution is -2.43. The zero-order valence-corrected chi connectivity index (χ0v) is 9.40. The Kier molecular flexibility index (Phi) is 4.44. The molecule has 15 heavy (non-hydrogen) atoms. The van der Waals surface area contributed by atoms with Crippen LogP contribution in [0.15, 0.2) is 0 Å². The minimum atomic E-state index is -4.05. The second-order valence-electron chi connectivity index (χ2n) is 4.76. The molecule has 3 unspecified atom stereocenters. The molecule has 90 valence electrons. The van der Waals surface area contributed by atoms with Crippen LogP contribution in [0.3, 0.4) is 0 Å². The Bertz CT molecular complexity index is 191. The van der Waals surface area contributed by atoms with Crippen molar-refractivity contribution in [3.63, 3.8) is 0 Å². The molecule has 0 heterocycles. The van der Waals surface area contributed by atoms with Gasteiger partial charge in [-0.3, -0.25) is 0 Å². The summed E-state index contributed by atoms with van der Waals surface area (Å²) < 4.78 is 36.4. The third kappa shape index (κ3) is 4.87. The first kappa shape index (κ1) is 12.8. The van der Waals surface area contributed by atoms with Crippen molar-refractivity contribution in [3.8, 4) is 0 Å². The van der Waals surface area contributed by atoms with E-state index in [1.165, 1.54) is 6.42 Å². The van der Waals surface area contributed by atoms with E-state index in [2.05, 4.69) is 12.2 Å². The summed E-state index contributed by atoms with van der Waals surface area (Å²) in [4.78, 5) is 0. The van der Waals surface area contributed by atoms with Crippen LogP contribution in [0.1, 0.15) is 46.0 Å². The third-order valence-electron chi connectivity index (χ3n) is 3.15. The average molecular weight is 223 g/mol. The van der Waals surface area contributed by atoms with Gasteiger partial charge in [-0.1, -0.05) is 19.8 Å². The molecule has 0 amide bonds. The van der Waals surface area contributed by atoms with Crippen LogP contribution >= 0.6 is 0 Å². The number of halogens is 3. The Labute approximate surface area is 89.4 Å². The summed E-state index contributed by atoms with van der Waals surface area (Å²) in [5.74, 6) is 0.509. The number of rotatable bonds is 3. The lowest BCUT2D eigenvalue weighted by atomic mass is 9.85. The van der Waals surface area contributed by atoms with Crippen LogP contribution < -0.4 is 5.32 Å². The number of nitrogens with one attached hydrogen (secondary N) is 1. The first-order valence-corrected chi connectivity index (χ1v) is 5.71. The molecule has 4 heteroatoms. The minimum Gasteiger partial charge on any atom is -0.311 e. The Morgan fingerprint density at radius 1 is 1.27 bits per heavy atom. The van der Waals surface area contributed by atoms with Gasteiger partial charge < -0.3 is 5.32 Å². The van der Waals surface area contributed by atoms with Crippen LogP contribution in [0, 0.1) is 5.92 Å². The molecule has 1 rings (SSSR count). The van der Waals surface area contributed by atoms with Crippen molar-refractivity contribution in [1.82, 2.24) is 5.32 Å². The van der Waals surface area contributed by atoms with Gasteiger partial charge in [0.25, 0.3) is 0 Å². The van der Waals surface area contributed by atoms with Crippen LogP contribution in [0.2, 0.25) is 0 Å². The van der Waals surface area contributed by atoms with Gasteiger partial charge in [0, 0.05) is 12.1 Å². The number of alkyl halides is 3. The van der Waals surface area contributed by atoms with E-state index < -0.39 is 18.6 Å². The van der Waals surface area contributed by atoms with Crippen molar-refractivity contribution < 1.29 is 13.2 Å². The van der Waals surface area contributed by atoms with Crippen molar-refractivity contribution in [1.29, 1.82) is 0 Å². The summed E-state index contributed by atoms with van der Waals surface area (Å²) in [6, 6.07) is -0.188. The van der Waals surface area contributed by atoms with Crippen LogP contribution in [0.4, 0.5) is 13.2 Å². The van der Waals surface area contributed by atoms with Crippen LogP contribution in [-0.4, -0.2) is 18.3 Å². The highest BCUT2D eigenvalue weighted by molar-refractivity contribution is 4.81. The molecule has 1 N–H and O–H groups in total. The molecule has 0 aliphatic heterocycles. The second kappa shape index (κ2) is 5.19. The highest BCUT2D eigenvalue weighted by Gasteiger charge is 2.31. The van der Waals surface area contributed by atoms with Crippen molar-refractivity contribution >= 4 is 0 Å².